The van der Waals surface area contributed by atoms with Crippen LogP contribution in [0, 0.1) is 17.8 Å². The second-order valence-corrected chi connectivity index (χ2v) is 9.99. The lowest BCUT2D eigenvalue weighted by Gasteiger charge is -2.37. The van der Waals surface area contributed by atoms with Crippen LogP contribution in [0.2, 0.25) is 0 Å². The van der Waals surface area contributed by atoms with E-state index in [2.05, 4.69) is 37.1 Å². The number of likely N-dealkylation sites (tertiary alicyclic amines) is 1. The van der Waals surface area contributed by atoms with Crippen LogP contribution in [0.1, 0.15) is 77.8 Å². The molecule has 38 heavy (non-hydrogen) atoms. The van der Waals surface area contributed by atoms with Crippen LogP contribution in [-0.4, -0.2) is 63.9 Å². The number of piperidine rings is 1. The quantitative estimate of drug-likeness (QED) is 0.315. The Morgan fingerprint density at radius 1 is 1.16 bits per heavy atom. The van der Waals surface area contributed by atoms with Gasteiger partial charge in [-0.3, -0.25) is 14.7 Å². The Morgan fingerprint density at radius 3 is 2.66 bits per heavy atom. The molecule has 1 saturated heterocycles. The molecule has 0 unspecified atom stereocenters. The number of hydrogen-bond donors (Lipinski definition) is 2. The molecule has 3 N–H and O–H groups in total. The van der Waals surface area contributed by atoms with Crippen molar-refractivity contribution in [1.29, 1.82) is 0 Å². The number of aromatic nitrogens is 7. The molecule has 5 heterocycles. The van der Waals surface area contributed by atoms with Crippen LogP contribution < -0.4 is 5.73 Å². The third-order valence-corrected chi connectivity index (χ3v) is 7.26. The molecule has 1 saturated carbocycles. The fourth-order valence-corrected chi connectivity index (χ4v) is 5.09. The van der Waals surface area contributed by atoms with Crippen LogP contribution in [0.25, 0.3) is 16.8 Å². The number of anilines is 1. The van der Waals surface area contributed by atoms with Crippen molar-refractivity contribution in [2.75, 3.05) is 12.3 Å². The number of nitrogen functional groups attached to an aromatic ring is 1. The number of nitrogens with two attached hydrogens (primary N) is 1. The first-order valence-electron chi connectivity index (χ1n) is 12.7. The first-order valence-corrected chi connectivity index (χ1v) is 12.7. The number of amides is 1. The van der Waals surface area contributed by atoms with Crippen molar-refractivity contribution < 1.29 is 9.59 Å². The summed E-state index contributed by atoms with van der Waals surface area (Å²) in [6, 6.07) is 3.75. The Bertz CT molecular complexity index is 1590. The number of aromatic amines is 1. The molecule has 4 aromatic rings. The van der Waals surface area contributed by atoms with Gasteiger partial charge in [0.1, 0.15) is 17.8 Å². The van der Waals surface area contributed by atoms with Gasteiger partial charge in [0, 0.05) is 41.7 Å². The van der Waals surface area contributed by atoms with Gasteiger partial charge in [-0.05, 0) is 57.6 Å². The molecule has 2 fully saturated rings. The van der Waals surface area contributed by atoms with E-state index in [4.69, 9.17) is 10.7 Å². The predicted molar refractivity (Wildman–Crippen MR) is 139 cm³/mol. The van der Waals surface area contributed by atoms with E-state index in [0.29, 0.717) is 42.2 Å². The lowest BCUT2D eigenvalue weighted by Crippen LogP contribution is -2.44. The Kier molecular flexibility index (Phi) is 5.87. The molecule has 0 bridgehead atoms. The van der Waals surface area contributed by atoms with Gasteiger partial charge in [0.2, 0.25) is 5.82 Å². The summed E-state index contributed by atoms with van der Waals surface area (Å²) < 4.78 is 1.52. The number of ketones is 1. The van der Waals surface area contributed by atoms with Gasteiger partial charge in [-0.1, -0.05) is 5.92 Å². The normalized spacial score (nSPS) is 19.3. The van der Waals surface area contributed by atoms with Crippen LogP contribution in [0.3, 0.4) is 0 Å². The van der Waals surface area contributed by atoms with E-state index < -0.39 is 0 Å². The molecular formula is C27H27N9O2. The number of nitrogens with zero attached hydrogens (tertiary/aromatic N) is 7. The molecule has 1 aliphatic heterocycles. The molecule has 1 amide bonds. The van der Waals surface area contributed by atoms with Gasteiger partial charge in [0.25, 0.3) is 5.91 Å². The van der Waals surface area contributed by atoms with Gasteiger partial charge in [0.05, 0.1) is 17.5 Å². The molecule has 1 aliphatic carbocycles. The number of hydrogen-bond acceptors (Lipinski definition) is 8. The molecule has 0 spiro atoms. The van der Waals surface area contributed by atoms with Crippen molar-refractivity contribution in [1.82, 2.24) is 39.7 Å². The lowest BCUT2D eigenvalue weighted by atomic mass is 9.86. The van der Waals surface area contributed by atoms with E-state index in [1.165, 1.54) is 30.6 Å². The fraction of sp³-hybridized carbons (Fsp3) is 0.370. The van der Waals surface area contributed by atoms with E-state index in [-0.39, 0.29) is 35.3 Å². The number of Topliss-reactive ketones (excluding diaryl/α,β-unsaturated/α-hetero) is 1. The van der Waals surface area contributed by atoms with Crippen LogP contribution in [0.15, 0.2) is 30.9 Å². The van der Waals surface area contributed by atoms with Gasteiger partial charge in [-0.2, -0.15) is 14.7 Å². The summed E-state index contributed by atoms with van der Waals surface area (Å²) >= 11 is 0. The maximum Gasteiger partial charge on any atom is 0.291 e. The molecule has 2 atom stereocenters. The molecule has 4 aromatic heterocycles. The second kappa shape index (κ2) is 9.37. The zero-order chi connectivity index (χ0) is 26.4. The van der Waals surface area contributed by atoms with Crippen LogP contribution >= 0.6 is 0 Å². The number of carbonyl (C=O) groups is 2. The number of nitrogens with one attached hydrogen (secondary N) is 1. The van der Waals surface area contributed by atoms with E-state index in [9.17, 15) is 9.59 Å². The largest absolute Gasteiger partial charge is 0.383 e. The third kappa shape index (κ3) is 4.28. The predicted octanol–water partition coefficient (Wildman–Crippen LogP) is 2.86. The topological polar surface area (TPSA) is 148 Å². The molecule has 6 rings (SSSR count). The van der Waals surface area contributed by atoms with Crippen molar-refractivity contribution in [3.63, 3.8) is 0 Å². The average Bonchev–Trinajstić information content (AvgIpc) is 3.39. The van der Waals surface area contributed by atoms with Gasteiger partial charge in [-0.25, -0.2) is 15.0 Å². The maximum absolute atomic E-state index is 12.9. The first-order chi connectivity index (χ1) is 18.4. The number of carbonyl (C=O) groups excluding carboxylic acids is 2. The molecular weight excluding hydrogens is 482 g/mol. The maximum atomic E-state index is 12.9. The van der Waals surface area contributed by atoms with Gasteiger partial charge >= 0.3 is 0 Å². The third-order valence-electron chi connectivity index (χ3n) is 7.26. The Labute approximate surface area is 218 Å². The summed E-state index contributed by atoms with van der Waals surface area (Å²) in [6.45, 7) is 3.97. The molecule has 0 radical (unpaired) electrons. The zero-order valence-electron chi connectivity index (χ0n) is 21.2. The van der Waals surface area contributed by atoms with Gasteiger partial charge < -0.3 is 10.6 Å². The summed E-state index contributed by atoms with van der Waals surface area (Å²) in [5.41, 5.74) is 10.4. The van der Waals surface area contributed by atoms with E-state index >= 15 is 0 Å². The number of fused-ring (bicyclic) bond motifs is 1. The minimum atomic E-state index is -0.195. The van der Waals surface area contributed by atoms with Crippen LogP contribution in [0.4, 0.5) is 5.82 Å². The van der Waals surface area contributed by atoms with Crippen molar-refractivity contribution in [3.8, 4) is 23.0 Å². The number of pyridine rings is 1. The molecule has 0 aromatic carbocycles. The standard InChI is InChI=1S/C27H27N9O2/c1-15-11-18(9-10-35(15)27(38)25-30-14-31-34-25)23-22(16(2)37)24(28)36-26(33-23)21(13-32-36)19-6-8-20(29-12-19)7-5-17-3-4-17/h6,8,12-15,17-18H,3-4,9-11,28H2,1-2H3,(H,30,31,34)/t15-,18+/m0/s1. The summed E-state index contributed by atoms with van der Waals surface area (Å²) in [5.74, 6) is 6.91. The number of rotatable bonds is 4. The highest BCUT2D eigenvalue weighted by Gasteiger charge is 2.34. The Hall–Kier alpha value is -4.59. The summed E-state index contributed by atoms with van der Waals surface area (Å²) in [5, 5.41) is 10.9. The zero-order valence-corrected chi connectivity index (χ0v) is 21.2. The second-order valence-electron chi connectivity index (χ2n) is 9.99. The average molecular weight is 510 g/mol. The van der Waals surface area contributed by atoms with Crippen LogP contribution in [-0.2, 0) is 0 Å². The summed E-state index contributed by atoms with van der Waals surface area (Å²) in [7, 11) is 0. The highest BCUT2D eigenvalue weighted by Crippen LogP contribution is 2.36. The lowest BCUT2D eigenvalue weighted by molar-refractivity contribution is 0.0601. The molecule has 192 valence electrons. The fourth-order valence-electron chi connectivity index (χ4n) is 5.09. The highest BCUT2D eigenvalue weighted by atomic mass is 16.2. The molecule has 11 heteroatoms. The summed E-state index contributed by atoms with van der Waals surface area (Å²) in [6.07, 6.45) is 8.37. The van der Waals surface area contributed by atoms with Gasteiger partial charge in [0.15, 0.2) is 11.4 Å². The van der Waals surface area contributed by atoms with E-state index in [1.807, 2.05) is 19.1 Å². The summed E-state index contributed by atoms with van der Waals surface area (Å²) in [4.78, 5) is 40.8. The number of H-pyrrole nitrogens is 1. The van der Waals surface area contributed by atoms with Gasteiger partial charge in [-0.15, -0.1) is 0 Å². The Morgan fingerprint density at radius 2 is 2.00 bits per heavy atom. The van der Waals surface area contributed by atoms with Crippen molar-refractivity contribution in [2.24, 2.45) is 5.92 Å². The monoisotopic (exact) mass is 509 g/mol. The van der Waals surface area contributed by atoms with Crippen molar-refractivity contribution >= 4 is 23.2 Å². The SMILES string of the molecule is CC(=O)c1c([C@@H]2CCN(C(=O)c3ncn[nH]3)[C@@H](C)C2)nc2c(-c3ccc(C#CC4CC4)nc3)cnn2c1N. The Balaban J connectivity index is 1.34. The highest BCUT2D eigenvalue weighted by molar-refractivity contribution is 6.00. The first kappa shape index (κ1) is 23.8. The van der Waals surface area contributed by atoms with E-state index in [1.54, 1.807) is 17.3 Å². The van der Waals surface area contributed by atoms with Crippen molar-refractivity contribution in [2.45, 2.75) is 51.5 Å². The molecule has 11 nitrogen and oxygen atoms in total. The van der Waals surface area contributed by atoms with E-state index in [0.717, 1.165) is 16.8 Å². The minimum absolute atomic E-state index is 0.0593. The van der Waals surface area contributed by atoms with Crippen molar-refractivity contribution in [3.05, 3.63) is 53.6 Å². The molecule has 2 aliphatic rings. The smallest absolute Gasteiger partial charge is 0.291 e. The minimum Gasteiger partial charge on any atom is -0.383 e. The van der Waals surface area contributed by atoms with Crippen LogP contribution in [0.5, 0.6) is 0 Å².